The minimum atomic E-state index is 0.337. The molecule has 4 rings (SSSR count). The van der Waals surface area contributed by atoms with Gasteiger partial charge in [-0.3, -0.25) is 9.69 Å². The summed E-state index contributed by atoms with van der Waals surface area (Å²) in [6.07, 6.45) is 8.95. The highest BCUT2D eigenvalue weighted by molar-refractivity contribution is 5.76. The van der Waals surface area contributed by atoms with E-state index in [1.165, 1.54) is 25.7 Å². The van der Waals surface area contributed by atoms with Crippen molar-refractivity contribution in [2.75, 3.05) is 26.2 Å². The van der Waals surface area contributed by atoms with Crippen molar-refractivity contribution in [2.45, 2.75) is 45.1 Å². The minimum absolute atomic E-state index is 0.337. The lowest BCUT2D eigenvalue weighted by molar-refractivity contribution is -0.133. The maximum Gasteiger partial charge on any atom is 0.222 e. The van der Waals surface area contributed by atoms with Gasteiger partial charge >= 0.3 is 0 Å². The molecule has 144 valence electrons. The van der Waals surface area contributed by atoms with Crippen molar-refractivity contribution in [2.24, 2.45) is 5.92 Å². The molecule has 1 saturated heterocycles. The monoisotopic (exact) mass is 367 g/mol. The molecule has 0 atom stereocenters. The number of piperazine rings is 1. The second kappa shape index (κ2) is 8.70. The number of oxazole rings is 1. The lowest BCUT2D eigenvalue weighted by Crippen LogP contribution is -2.48. The number of carbonyl (C=O) groups is 1. The third kappa shape index (κ3) is 4.78. The van der Waals surface area contributed by atoms with Crippen molar-refractivity contribution >= 4 is 5.91 Å². The maximum absolute atomic E-state index is 12.5. The standard InChI is InChI=1S/C22H29N3O2/c26-22(11-10-18-6-4-5-7-18)25-14-12-24(13-15-25)17-21-23-16-20(27-21)19-8-2-1-3-9-19/h1-3,8-9,16,18H,4-7,10-15,17H2. The number of nitrogens with zero attached hydrogens (tertiary/aromatic N) is 3. The molecule has 0 spiro atoms. The predicted molar refractivity (Wildman–Crippen MR) is 105 cm³/mol. The van der Waals surface area contributed by atoms with Gasteiger partial charge in [-0.15, -0.1) is 0 Å². The zero-order valence-electron chi connectivity index (χ0n) is 16.0. The minimum Gasteiger partial charge on any atom is -0.439 e. The lowest BCUT2D eigenvalue weighted by atomic mass is 10.0. The number of carbonyl (C=O) groups excluding carboxylic acids is 1. The quantitative estimate of drug-likeness (QED) is 0.775. The first kappa shape index (κ1) is 18.2. The van der Waals surface area contributed by atoms with Crippen molar-refractivity contribution in [3.63, 3.8) is 0 Å². The summed E-state index contributed by atoms with van der Waals surface area (Å²) in [5.41, 5.74) is 1.05. The Labute approximate surface area is 161 Å². The highest BCUT2D eigenvalue weighted by Gasteiger charge is 2.23. The smallest absolute Gasteiger partial charge is 0.222 e. The van der Waals surface area contributed by atoms with E-state index in [1.807, 2.05) is 35.2 Å². The van der Waals surface area contributed by atoms with Crippen LogP contribution in [0.15, 0.2) is 40.9 Å². The molecule has 0 bridgehead atoms. The van der Waals surface area contributed by atoms with Gasteiger partial charge in [0.15, 0.2) is 5.76 Å². The molecule has 0 N–H and O–H groups in total. The van der Waals surface area contributed by atoms with Crippen LogP contribution in [0.4, 0.5) is 0 Å². The van der Waals surface area contributed by atoms with Crippen molar-refractivity contribution in [1.29, 1.82) is 0 Å². The molecule has 1 saturated carbocycles. The van der Waals surface area contributed by atoms with Crippen molar-refractivity contribution < 1.29 is 9.21 Å². The lowest BCUT2D eigenvalue weighted by Gasteiger charge is -2.34. The Bertz CT molecular complexity index is 729. The summed E-state index contributed by atoms with van der Waals surface area (Å²) in [6, 6.07) is 10.1. The number of benzene rings is 1. The van der Waals surface area contributed by atoms with Gasteiger partial charge in [-0.2, -0.15) is 0 Å². The molecule has 5 nitrogen and oxygen atoms in total. The molecule has 2 aliphatic rings. The SMILES string of the molecule is O=C(CCC1CCCC1)N1CCN(Cc2ncc(-c3ccccc3)o2)CC1. The fourth-order valence-electron chi connectivity index (χ4n) is 4.25. The summed E-state index contributed by atoms with van der Waals surface area (Å²) in [6.45, 7) is 4.11. The Hall–Kier alpha value is -2.14. The van der Waals surface area contributed by atoms with Crippen LogP contribution in [0.5, 0.6) is 0 Å². The molecule has 1 aromatic carbocycles. The molecule has 2 heterocycles. The van der Waals surface area contributed by atoms with Gasteiger partial charge in [-0.25, -0.2) is 4.98 Å². The van der Waals surface area contributed by atoms with E-state index in [2.05, 4.69) is 9.88 Å². The molecule has 1 aliphatic heterocycles. The average molecular weight is 367 g/mol. The zero-order valence-corrected chi connectivity index (χ0v) is 16.0. The van der Waals surface area contributed by atoms with E-state index in [1.54, 1.807) is 6.20 Å². The van der Waals surface area contributed by atoms with Gasteiger partial charge in [0, 0.05) is 38.2 Å². The molecular weight excluding hydrogens is 338 g/mol. The predicted octanol–water partition coefficient (Wildman–Crippen LogP) is 3.96. The van der Waals surface area contributed by atoms with E-state index in [9.17, 15) is 4.79 Å². The summed E-state index contributed by atoms with van der Waals surface area (Å²) in [4.78, 5) is 21.2. The molecule has 1 amide bonds. The molecule has 1 aromatic heterocycles. The third-order valence-corrected chi connectivity index (χ3v) is 5.94. The number of hydrogen-bond acceptors (Lipinski definition) is 4. The van der Waals surface area contributed by atoms with E-state index < -0.39 is 0 Å². The largest absolute Gasteiger partial charge is 0.439 e. The Morgan fingerprint density at radius 1 is 1.07 bits per heavy atom. The van der Waals surface area contributed by atoms with E-state index in [4.69, 9.17) is 4.42 Å². The van der Waals surface area contributed by atoms with E-state index in [0.717, 1.165) is 62.2 Å². The summed E-state index contributed by atoms with van der Waals surface area (Å²) in [7, 11) is 0. The number of amides is 1. The van der Waals surface area contributed by atoms with Crippen LogP contribution in [0.25, 0.3) is 11.3 Å². The van der Waals surface area contributed by atoms with Gasteiger partial charge in [-0.05, 0) is 12.3 Å². The Balaban J connectivity index is 1.22. The molecule has 5 heteroatoms. The molecule has 0 unspecified atom stereocenters. The zero-order chi connectivity index (χ0) is 18.5. The molecule has 1 aliphatic carbocycles. The van der Waals surface area contributed by atoms with Gasteiger partial charge in [0.05, 0.1) is 12.7 Å². The third-order valence-electron chi connectivity index (χ3n) is 5.94. The summed E-state index contributed by atoms with van der Waals surface area (Å²) >= 11 is 0. The number of hydrogen-bond donors (Lipinski definition) is 0. The van der Waals surface area contributed by atoms with Gasteiger partial charge in [0.1, 0.15) is 0 Å². The topological polar surface area (TPSA) is 49.6 Å². The van der Waals surface area contributed by atoms with Crippen LogP contribution in [0.2, 0.25) is 0 Å². The Morgan fingerprint density at radius 3 is 2.56 bits per heavy atom. The second-order valence-electron chi connectivity index (χ2n) is 7.83. The second-order valence-corrected chi connectivity index (χ2v) is 7.83. The summed E-state index contributed by atoms with van der Waals surface area (Å²) in [5.74, 6) is 2.68. The first-order valence-electron chi connectivity index (χ1n) is 10.3. The van der Waals surface area contributed by atoms with Crippen LogP contribution >= 0.6 is 0 Å². The highest BCUT2D eigenvalue weighted by atomic mass is 16.4. The fraction of sp³-hybridized carbons (Fsp3) is 0.545. The maximum atomic E-state index is 12.5. The van der Waals surface area contributed by atoms with Crippen LogP contribution in [0.1, 0.15) is 44.4 Å². The fourth-order valence-corrected chi connectivity index (χ4v) is 4.25. The summed E-state index contributed by atoms with van der Waals surface area (Å²) in [5, 5.41) is 0. The van der Waals surface area contributed by atoms with Gasteiger partial charge in [0.25, 0.3) is 0 Å². The van der Waals surface area contributed by atoms with Crippen molar-refractivity contribution in [1.82, 2.24) is 14.8 Å². The first-order chi connectivity index (χ1) is 13.3. The molecule has 0 radical (unpaired) electrons. The van der Waals surface area contributed by atoms with Crippen LogP contribution in [0.3, 0.4) is 0 Å². The normalized spacial score (nSPS) is 18.9. The van der Waals surface area contributed by atoms with E-state index in [0.29, 0.717) is 12.5 Å². The molecular formula is C22H29N3O2. The molecule has 27 heavy (non-hydrogen) atoms. The Kier molecular flexibility index (Phi) is 5.87. The first-order valence-corrected chi connectivity index (χ1v) is 10.3. The Morgan fingerprint density at radius 2 is 1.81 bits per heavy atom. The summed E-state index contributed by atoms with van der Waals surface area (Å²) < 4.78 is 5.91. The number of aromatic nitrogens is 1. The van der Waals surface area contributed by atoms with E-state index >= 15 is 0 Å². The average Bonchev–Trinajstić information content (AvgIpc) is 3.39. The highest BCUT2D eigenvalue weighted by Crippen LogP contribution is 2.28. The van der Waals surface area contributed by atoms with Gasteiger partial charge in [-0.1, -0.05) is 56.0 Å². The van der Waals surface area contributed by atoms with Crippen molar-refractivity contribution in [3.05, 3.63) is 42.4 Å². The van der Waals surface area contributed by atoms with Crippen LogP contribution in [-0.2, 0) is 11.3 Å². The number of rotatable bonds is 6. The van der Waals surface area contributed by atoms with Crippen LogP contribution in [0, 0.1) is 5.92 Å². The molecule has 2 aromatic rings. The van der Waals surface area contributed by atoms with Crippen LogP contribution in [-0.4, -0.2) is 46.9 Å². The van der Waals surface area contributed by atoms with Gasteiger partial charge in [0.2, 0.25) is 11.8 Å². The van der Waals surface area contributed by atoms with Crippen LogP contribution < -0.4 is 0 Å². The van der Waals surface area contributed by atoms with Crippen molar-refractivity contribution in [3.8, 4) is 11.3 Å². The van der Waals surface area contributed by atoms with E-state index in [-0.39, 0.29) is 0 Å². The van der Waals surface area contributed by atoms with Gasteiger partial charge < -0.3 is 9.32 Å². The molecule has 2 fully saturated rings.